The van der Waals surface area contributed by atoms with Crippen molar-refractivity contribution in [2.45, 2.75) is 5.41 Å². The van der Waals surface area contributed by atoms with Crippen LogP contribution in [0.25, 0.3) is 71.3 Å². The molecule has 56 heavy (non-hydrogen) atoms. The van der Waals surface area contributed by atoms with E-state index in [0.717, 1.165) is 39.0 Å². The number of furan rings is 1. The molecule has 0 saturated heterocycles. The van der Waals surface area contributed by atoms with Crippen LogP contribution in [-0.2, 0) is 5.41 Å². The lowest BCUT2D eigenvalue weighted by atomic mass is 9.65. The van der Waals surface area contributed by atoms with Crippen molar-refractivity contribution in [1.82, 2.24) is 4.57 Å². The summed E-state index contributed by atoms with van der Waals surface area (Å²) in [7, 11) is 0. The van der Waals surface area contributed by atoms with E-state index in [2.05, 4.69) is 198 Å². The van der Waals surface area contributed by atoms with E-state index in [-0.39, 0.29) is 0 Å². The van der Waals surface area contributed by atoms with Crippen molar-refractivity contribution in [3.63, 3.8) is 0 Å². The van der Waals surface area contributed by atoms with Crippen LogP contribution in [0.3, 0.4) is 0 Å². The zero-order valence-electron chi connectivity index (χ0n) is 30.3. The summed E-state index contributed by atoms with van der Waals surface area (Å²) in [6.07, 6.45) is 0. The molecule has 1 unspecified atom stereocenters. The number of benzene rings is 9. The molecule has 260 valence electrons. The maximum absolute atomic E-state index is 6.32. The number of hydrogen-bond donors (Lipinski definition) is 0. The Labute approximate surface area is 322 Å². The maximum atomic E-state index is 6.32. The van der Waals surface area contributed by atoms with E-state index < -0.39 is 5.41 Å². The summed E-state index contributed by atoms with van der Waals surface area (Å²) in [5.41, 5.74) is 16.1. The smallest absolute Gasteiger partial charge is 0.135 e. The molecule has 11 aromatic rings. The lowest BCUT2D eigenvalue weighted by Crippen LogP contribution is -2.33. The lowest BCUT2D eigenvalue weighted by Gasteiger charge is -2.40. The fourth-order valence-electron chi connectivity index (χ4n) is 10.3. The molecular weight excluding hydrogens is 681 g/mol. The molecule has 0 fully saturated rings. The van der Waals surface area contributed by atoms with Crippen molar-refractivity contribution in [3.8, 4) is 16.8 Å². The van der Waals surface area contributed by atoms with Gasteiger partial charge in [0.25, 0.3) is 0 Å². The highest BCUT2D eigenvalue weighted by Crippen LogP contribution is 2.61. The minimum absolute atomic E-state index is 0.539. The quantitative estimate of drug-likeness (QED) is 0.182. The molecule has 9 aromatic carbocycles. The van der Waals surface area contributed by atoms with Crippen molar-refractivity contribution in [2.75, 3.05) is 4.90 Å². The Hall–Kier alpha value is -7.36. The first-order chi connectivity index (χ1) is 27.8. The topological polar surface area (TPSA) is 21.3 Å². The third kappa shape index (κ3) is 3.76. The SMILES string of the molecule is c1ccc2c(c1)-c1ccc(N(c3ccc4ccccc4c3)c3ccc4oc5ccccc5c4c3)cc1C21c2ccccc2-n2c3ccccc3c3cccc1c32. The van der Waals surface area contributed by atoms with E-state index in [1.165, 1.54) is 71.6 Å². The Morgan fingerprint density at radius 3 is 1.98 bits per heavy atom. The molecule has 13 rings (SSSR count). The van der Waals surface area contributed by atoms with Gasteiger partial charge in [0.05, 0.1) is 22.1 Å². The summed E-state index contributed by atoms with van der Waals surface area (Å²) in [4.78, 5) is 2.43. The van der Waals surface area contributed by atoms with Crippen molar-refractivity contribution in [1.29, 1.82) is 0 Å². The molecule has 3 nitrogen and oxygen atoms in total. The Morgan fingerprint density at radius 2 is 1.04 bits per heavy atom. The first-order valence-corrected chi connectivity index (χ1v) is 19.3. The highest BCUT2D eigenvalue weighted by atomic mass is 16.3. The minimum atomic E-state index is -0.539. The van der Waals surface area contributed by atoms with E-state index in [4.69, 9.17) is 4.42 Å². The van der Waals surface area contributed by atoms with Crippen LogP contribution in [0.15, 0.2) is 199 Å². The van der Waals surface area contributed by atoms with Gasteiger partial charge in [-0.05, 0) is 105 Å². The second kappa shape index (κ2) is 10.9. The van der Waals surface area contributed by atoms with Gasteiger partial charge in [-0.15, -0.1) is 0 Å². The van der Waals surface area contributed by atoms with Gasteiger partial charge in [-0.25, -0.2) is 0 Å². The van der Waals surface area contributed by atoms with Gasteiger partial charge in [0.15, 0.2) is 0 Å². The van der Waals surface area contributed by atoms with Crippen LogP contribution in [0.4, 0.5) is 17.1 Å². The van der Waals surface area contributed by atoms with Crippen LogP contribution in [-0.4, -0.2) is 4.57 Å². The van der Waals surface area contributed by atoms with E-state index in [1.54, 1.807) is 0 Å². The third-order valence-electron chi connectivity index (χ3n) is 12.5. The second-order valence-electron chi connectivity index (χ2n) is 15.2. The number of anilines is 3. The van der Waals surface area contributed by atoms with Crippen molar-refractivity contribution < 1.29 is 4.42 Å². The minimum Gasteiger partial charge on any atom is -0.456 e. The zero-order chi connectivity index (χ0) is 36.5. The number of aromatic nitrogens is 1. The third-order valence-corrected chi connectivity index (χ3v) is 12.5. The number of rotatable bonds is 3. The molecule has 1 aliphatic heterocycles. The van der Waals surface area contributed by atoms with Crippen LogP contribution < -0.4 is 4.90 Å². The molecule has 1 atom stereocenters. The fraction of sp³-hybridized carbons (Fsp3) is 0.0189. The van der Waals surface area contributed by atoms with Crippen LogP contribution in [0.1, 0.15) is 22.3 Å². The lowest BCUT2D eigenvalue weighted by molar-refractivity contribution is 0.669. The van der Waals surface area contributed by atoms with Crippen LogP contribution in [0.2, 0.25) is 0 Å². The maximum Gasteiger partial charge on any atom is 0.135 e. The summed E-state index contributed by atoms with van der Waals surface area (Å²) >= 11 is 0. The normalized spacial score (nSPS) is 15.2. The number of para-hydroxylation sites is 4. The average Bonchev–Trinajstić information content (AvgIpc) is 3.90. The summed E-state index contributed by atoms with van der Waals surface area (Å²) in [5.74, 6) is 0. The molecule has 2 aromatic heterocycles. The van der Waals surface area contributed by atoms with Crippen molar-refractivity contribution in [2.24, 2.45) is 0 Å². The van der Waals surface area contributed by atoms with Gasteiger partial charge < -0.3 is 13.9 Å². The standard InChI is InChI=1S/C53H32N2O/c1-2-13-34-30-35(25-24-33(34)12-1)54(36-27-29-51-43(31-36)41-16-5-10-23-50(41)56-51)37-26-28-39-38-14-3-6-18-44(38)53(47(39)32-37)45-19-7-9-22-49(45)55-48-21-8-4-15-40(48)42-17-11-20-46(53)52(42)55/h1-32H. The monoisotopic (exact) mass is 712 g/mol. The molecule has 3 heterocycles. The predicted molar refractivity (Wildman–Crippen MR) is 231 cm³/mol. The summed E-state index contributed by atoms with van der Waals surface area (Å²) in [6, 6.07) is 71.5. The van der Waals surface area contributed by atoms with Crippen LogP contribution in [0, 0.1) is 0 Å². The molecular formula is C53H32N2O. The highest BCUT2D eigenvalue weighted by molar-refractivity contribution is 6.13. The second-order valence-corrected chi connectivity index (χ2v) is 15.2. The van der Waals surface area contributed by atoms with Gasteiger partial charge in [-0.1, -0.05) is 133 Å². The van der Waals surface area contributed by atoms with E-state index in [1.807, 2.05) is 6.07 Å². The molecule has 0 N–H and O–H groups in total. The average molecular weight is 713 g/mol. The fourth-order valence-corrected chi connectivity index (χ4v) is 10.3. The first-order valence-electron chi connectivity index (χ1n) is 19.3. The molecule has 1 spiro atoms. The first kappa shape index (κ1) is 30.0. The molecule has 3 heteroatoms. The Bertz CT molecular complexity index is 3460. The van der Waals surface area contributed by atoms with Gasteiger partial charge in [0, 0.05) is 38.6 Å². The van der Waals surface area contributed by atoms with Gasteiger partial charge >= 0.3 is 0 Å². The van der Waals surface area contributed by atoms with Gasteiger partial charge in [0.1, 0.15) is 11.2 Å². The van der Waals surface area contributed by atoms with Gasteiger partial charge in [-0.2, -0.15) is 0 Å². The Balaban J connectivity index is 1.13. The molecule has 1 aliphatic carbocycles. The molecule has 0 amide bonds. The largest absolute Gasteiger partial charge is 0.456 e. The predicted octanol–water partition coefficient (Wildman–Crippen LogP) is 14.0. The van der Waals surface area contributed by atoms with Crippen LogP contribution >= 0.6 is 0 Å². The highest BCUT2D eigenvalue weighted by Gasteiger charge is 2.51. The molecule has 0 saturated carbocycles. The molecule has 0 radical (unpaired) electrons. The number of hydrogen-bond acceptors (Lipinski definition) is 2. The van der Waals surface area contributed by atoms with Gasteiger partial charge in [-0.3, -0.25) is 0 Å². The summed E-state index contributed by atoms with van der Waals surface area (Å²) < 4.78 is 8.83. The van der Waals surface area contributed by atoms with Crippen LogP contribution in [0.5, 0.6) is 0 Å². The van der Waals surface area contributed by atoms with Crippen molar-refractivity contribution in [3.05, 3.63) is 216 Å². The van der Waals surface area contributed by atoms with Crippen molar-refractivity contribution >= 4 is 71.6 Å². The van der Waals surface area contributed by atoms with Gasteiger partial charge in [0.2, 0.25) is 0 Å². The Kier molecular flexibility index (Phi) is 5.83. The van der Waals surface area contributed by atoms with E-state index in [0.29, 0.717) is 0 Å². The molecule has 2 aliphatic rings. The molecule has 0 bridgehead atoms. The van der Waals surface area contributed by atoms with E-state index in [9.17, 15) is 0 Å². The Morgan fingerprint density at radius 1 is 0.393 bits per heavy atom. The number of nitrogens with zero attached hydrogens (tertiary/aromatic N) is 2. The summed E-state index contributed by atoms with van der Waals surface area (Å²) in [6.45, 7) is 0. The zero-order valence-corrected chi connectivity index (χ0v) is 30.3. The summed E-state index contributed by atoms with van der Waals surface area (Å²) in [5, 5.41) is 7.21. The van der Waals surface area contributed by atoms with E-state index >= 15 is 0 Å². The number of fused-ring (bicyclic) bond motifs is 16.